The number of aryl methyl sites for hydroxylation is 2. The third-order valence-electron chi connectivity index (χ3n) is 4.90. The van der Waals surface area contributed by atoms with Gasteiger partial charge in [0, 0.05) is 31.5 Å². The lowest BCUT2D eigenvalue weighted by Gasteiger charge is -2.31. The van der Waals surface area contributed by atoms with E-state index in [0.717, 1.165) is 42.3 Å². The van der Waals surface area contributed by atoms with Crippen LogP contribution in [0.2, 0.25) is 0 Å². The number of nitrogens with two attached hydrogens (primary N) is 1. The number of nitrogens with zero attached hydrogens (tertiary/aromatic N) is 3. The Hall–Kier alpha value is -2.32. The highest BCUT2D eigenvalue weighted by molar-refractivity contribution is 7.99. The van der Waals surface area contributed by atoms with Crippen molar-refractivity contribution in [1.29, 1.82) is 0 Å². The zero-order chi connectivity index (χ0) is 20.1. The summed E-state index contributed by atoms with van der Waals surface area (Å²) in [5.41, 5.74) is 8.67. The number of thioether (sulfide) groups is 1. The summed E-state index contributed by atoms with van der Waals surface area (Å²) in [6, 6.07) is 6.46. The average molecular weight is 402 g/mol. The molecule has 2 amide bonds. The molecule has 1 aliphatic rings. The molecule has 0 spiro atoms. The minimum absolute atomic E-state index is 0.00821. The standard InChI is InChI=1S/C20H27N5O2S/c1-14-3-4-15(2)17(11-14)25-10-7-22-20(25)28-13-19(27)23-16-5-8-24(9-6-16)12-18(21)26/h3-4,7,10-11,16H,5-6,8-9,12-13H2,1-2H3,(H2,21,26)(H,23,27). The van der Waals surface area contributed by atoms with Gasteiger partial charge in [-0.2, -0.15) is 0 Å². The molecular weight excluding hydrogens is 374 g/mol. The van der Waals surface area contributed by atoms with Crippen LogP contribution in [0.4, 0.5) is 0 Å². The van der Waals surface area contributed by atoms with Crippen molar-refractivity contribution < 1.29 is 9.59 Å². The predicted molar refractivity (Wildman–Crippen MR) is 111 cm³/mol. The number of hydrogen-bond acceptors (Lipinski definition) is 5. The van der Waals surface area contributed by atoms with Crippen molar-refractivity contribution in [2.45, 2.75) is 37.9 Å². The largest absolute Gasteiger partial charge is 0.369 e. The number of rotatable bonds is 7. The maximum absolute atomic E-state index is 12.4. The zero-order valence-corrected chi connectivity index (χ0v) is 17.2. The summed E-state index contributed by atoms with van der Waals surface area (Å²) < 4.78 is 2.03. The van der Waals surface area contributed by atoms with Crippen molar-refractivity contribution in [3.63, 3.8) is 0 Å². The molecule has 1 fully saturated rings. The van der Waals surface area contributed by atoms with E-state index in [1.54, 1.807) is 6.20 Å². The van der Waals surface area contributed by atoms with Crippen LogP contribution in [0.5, 0.6) is 0 Å². The summed E-state index contributed by atoms with van der Waals surface area (Å²) >= 11 is 1.44. The molecular formula is C20H27N5O2S. The first kappa shape index (κ1) is 20.4. The van der Waals surface area contributed by atoms with Gasteiger partial charge in [0.2, 0.25) is 11.8 Å². The summed E-state index contributed by atoms with van der Waals surface area (Å²) in [7, 11) is 0. The molecule has 0 atom stereocenters. The Morgan fingerprint density at radius 1 is 1.29 bits per heavy atom. The summed E-state index contributed by atoms with van der Waals surface area (Å²) in [5.74, 6) is 0.0238. The highest BCUT2D eigenvalue weighted by atomic mass is 32.2. The Bertz CT molecular complexity index is 843. The van der Waals surface area contributed by atoms with Crippen LogP contribution in [-0.2, 0) is 9.59 Å². The molecule has 7 nitrogen and oxygen atoms in total. The van der Waals surface area contributed by atoms with E-state index in [9.17, 15) is 9.59 Å². The van der Waals surface area contributed by atoms with Gasteiger partial charge in [-0.3, -0.25) is 19.1 Å². The van der Waals surface area contributed by atoms with Crippen molar-refractivity contribution in [1.82, 2.24) is 19.8 Å². The van der Waals surface area contributed by atoms with Gasteiger partial charge < -0.3 is 11.1 Å². The summed E-state index contributed by atoms with van der Waals surface area (Å²) in [6.45, 7) is 5.98. The first-order valence-corrected chi connectivity index (χ1v) is 10.4. The maximum atomic E-state index is 12.4. The Balaban J connectivity index is 1.52. The van der Waals surface area contributed by atoms with Crippen LogP contribution in [0, 0.1) is 13.8 Å². The molecule has 2 heterocycles. The Morgan fingerprint density at radius 2 is 2.04 bits per heavy atom. The van der Waals surface area contributed by atoms with Gasteiger partial charge in [0.05, 0.1) is 18.0 Å². The number of primary amides is 1. The average Bonchev–Trinajstić information content (AvgIpc) is 3.11. The van der Waals surface area contributed by atoms with Gasteiger partial charge >= 0.3 is 0 Å². The molecule has 0 radical (unpaired) electrons. The van der Waals surface area contributed by atoms with Gasteiger partial charge in [0.25, 0.3) is 0 Å². The third kappa shape index (κ3) is 5.36. The van der Waals surface area contributed by atoms with Gasteiger partial charge in [0.1, 0.15) is 0 Å². The van der Waals surface area contributed by atoms with E-state index in [1.165, 1.54) is 17.3 Å². The van der Waals surface area contributed by atoms with Crippen LogP contribution in [0.15, 0.2) is 35.7 Å². The number of hydrogen-bond donors (Lipinski definition) is 2. The molecule has 3 N–H and O–H groups in total. The lowest BCUT2D eigenvalue weighted by atomic mass is 10.1. The fourth-order valence-corrected chi connectivity index (χ4v) is 4.19. The van der Waals surface area contributed by atoms with Crippen molar-refractivity contribution in [2.24, 2.45) is 5.73 Å². The Labute approximate surface area is 169 Å². The van der Waals surface area contributed by atoms with Gasteiger partial charge in [-0.15, -0.1) is 0 Å². The second-order valence-corrected chi connectivity index (χ2v) is 8.19. The smallest absolute Gasteiger partial charge is 0.231 e. The molecule has 1 aromatic carbocycles. The Morgan fingerprint density at radius 3 is 2.75 bits per heavy atom. The summed E-state index contributed by atoms with van der Waals surface area (Å²) in [5, 5.41) is 3.90. The monoisotopic (exact) mass is 401 g/mol. The van der Waals surface area contributed by atoms with Crippen LogP contribution in [0.3, 0.4) is 0 Å². The van der Waals surface area contributed by atoms with Crippen LogP contribution >= 0.6 is 11.8 Å². The van der Waals surface area contributed by atoms with Crippen molar-refractivity contribution in [3.8, 4) is 5.69 Å². The molecule has 0 unspecified atom stereocenters. The fourth-order valence-electron chi connectivity index (χ4n) is 3.41. The fraction of sp³-hybridized carbons (Fsp3) is 0.450. The molecule has 8 heteroatoms. The van der Waals surface area contributed by atoms with Crippen molar-refractivity contribution in [3.05, 3.63) is 41.7 Å². The van der Waals surface area contributed by atoms with E-state index >= 15 is 0 Å². The lowest BCUT2D eigenvalue weighted by Crippen LogP contribution is -2.47. The van der Waals surface area contributed by atoms with Crippen LogP contribution in [0.25, 0.3) is 5.69 Å². The topological polar surface area (TPSA) is 93.2 Å². The lowest BCUT2D eigenvalue weighted by molar-refractivity contribution is -0.121. The van der Waals surface area contributed by atoms with E-state index in [4.69, 9.17) is 5.73 Å². The number of nitrogens with one attached hydrogen (secondary N) is 1. The molecule has 1 saturated heterocycles. The van der Waals surface area contributed by atoms with Crippen LogP contribution < -0.4 is 11.1 Å². The molecule has 0 bridgehead atoms. The Kier molecular flexibility index (Phi) is 6.74. The molecule has 150 valence electrons. The van der Waals surface area contributed by atoms with E-state index < -0.39 is 0 Å². The molecule has 2 aromatic rings. The number of piperidine rings is 1. The SMILES string of the molecule is Cc1ccc(C)c(-n2ccnc2SCC(=O)NC2CCN(CC(N)=O)CC2)c1. The molecule has 28 heavy (non-hydrogen) atoms. The van der Waals surface area contributed by atoms with E-state index in [1.807, 2.05) is 15.7 Å². The number of amides is 2. The van der Waals surface area contributed by atoms with Crippen LogP contribution in [0.1, 0.15) is 24.0 Å². The number of carbonyl (C=O) groups excluding carboxylic acids is 2. The minimum atomic E-state index is -0.307. The molecule has 3 rings (SSSR count). The number of benzene rings is 1. The minimum Gasteiger partial charge on any atom is -0.369 e. The molecule has 0 aliphatic carbocycles. The quantitative estimate of drug-likeness (QED) is 0.688. The van der Waals surface area contributed by atoms with Crippen LogP contribution in [-0.4, -0.2) is 57.7 Å². The second kappa shape index (κ2) is 9.25. The van der Waals surface area contributed by atoms with Crippen molar-refractivity contribution in [2.75, 3.05) is 25.4 Å². The molecule has 0 saturated carbocycles. The normalized spacial score (nSPS) is 15.5. The van der Waals surface area contributed by atoms with Gasteiger partial charge in [-0.1, -0.05) is 23.9 Å². The van der Waals surface area contributed by atoms with Gasteiger partial charge in [0.15, 0.2) is 5.16 Å². The molecule has 1 aromatic heterocycles. The second-order valence-electron chi connectivity index (χ2n) is 7.24. The van der Waals surface area contributed by atoms with Gasteiger partial charge in [-0.05, 0) is 43.9 Å². The highest BCUT2D eigenvalue weighted by Gasteiger charge is 2.21. The summed E-state index contributed by atoms with van der Waals surface area (Å²) in [4.78, 5) is 29.8. The van der Waals surface area contributed by atoms with Gasteiger partial charge in [-0.25, -0.2) is 4.98 Å². The predicted octanol–water partition coefficient (Wildman–Crippen LogP) is 1.65. The van der Waals surface area contributed by atoms with Crippen molar-refractivity contribution >= 4 is 23.6 Å². The number of likely N-dealkylation sites (tertiary alicyclic amines) is 1. The first-order chi connectivity index (χ1) is 13.4. The van der Waals surface area contributed by atoms with E-state index in [0.29, 0.717) is 5.75 Å². The number of aromatic nitrogens is 2. The number of imidazole rings is 1. The third-order valence-corrected chi connectivity index (χ3v) is 5.86. The van der Waals surface area contributed by atoms with E-state index in [2.05, 4.69) is 42.3 Å². The van der Waals surface area contributed by atoms with E-state index in [-0.39, 0.29) is 24.4 Å². The highest BCUT2D eigenvalue weighted by Crippen LogP contribution is 2.23. The summed E-state index contributed by atoms with van der Waals surface area (Å²) in [6.07, 6.45) is 5.36. The number of carbonyl (C=O) groups is 2. The maximum Gasteiger partial charge on any atom is 0.231 e. The zero-order valence-electron chi connectivity index (χ0n) is 16.4. The first-order valence-electron chi connectivity index (χ1n) is 9.46. The molecule has 1 aliphatic heterocycles.